The Balaban J connectivity index is 2.13. The molecule has 5 heteroatoms. The van der Waals surface area contributed by atoms with Crippen LogP contribution in [0.1, 0.15) is 18.4 Å². The average Bonchev–Trinajstić information content (AvgIpc) is 2.31. The number of methoxy groups -OCH3 is 1. The number of hydrogen-bond donors (Lipinski definition) is 1. The molecule has 1 aromatic rings. The fraction of sp³-hybridized carbons (Fsp3) is 0.538. The molecule has 1 unspecified atom stereocenters. The van der Waals surface area contributed by atoms with Crippen molar-refractivity contribution >= 4 is 15.5 Å². The van der Waals surface area contributed by atoms with Crippen molar-refractivity contribution < 1.29 is 13.2 Å². The number of nitrogen functional groups attached to an aromatic ring is 1. The maximum absolute atomic E-state index is 11.6. The maximum Gasteiger partial charge on any atom is 0.150 e. The first kappa shape index (κ1) is 13.2. The molecule has 1 saturated heterocycles. The first-order valence-electron chi connectivity index (χ1n) is 6.13. The van der Waals surface area contributed by atoms with Gasteiger partial charge in [0.1, 0.15) is 5.75 Å². The minimum absolute atomic E-state index is 0.179. The molecule has 1 fully saturated rings. The van der Waals surface area contributed by atoms with Crippen LogP contribution < -0.4 is 10.5 Å². The molecule has 100 valence electrons. The topological polar surface area (TPSA) is 69.4 Å². The van der Waals surface area contributed by atoms with Gasteiger partial charge < -0.3 is 10.5 Å². The minimum Gasteiger partial charge on any atom is -0.497 e. The summed E-state index contributed by atoms with van der Waals surface area (Å²) in [5.41, 5.74) is 7.61. The monoisotopic (exact) mass is 269 g/mol. The van der Waals surface area contributed by atoms with E-state index in [0.29, 0.717) is 17.9 Å². The van der Waals surface area contributed by atoms with Gasteiger partial charge in [-0.3, -0.25) is 0 Å². The highest BCUT2D eigenvalue weighted by Gasteiger charge is 2.25. The Bertz CT molecular complexity index is 525. The highest BCUT2D eigenvalue weighted by atomic mass is 32.2. The Kier molecular flexibility index (Phi) is 3.80. The van der Waals surface area contributed by atoms with Crippen LogP contribution in [0.25, 0.3) is 0 Å². The van der Waals surface area contributed by atoms with Gasteiger partial charge in [-0.25, -0.2) is 8.42 Å². The molecule has 0 saturated carbocycles. The molecule has 18 heavy (non-hydrogen) atoms. The van der Waals surface area contributed by atoms with Crippen molar-refractivity contribution in [3.8, 4) is 5.75 Å². The molecule has 2 N–H and O–H groups in total. The zero-order valence-electron chi connectivity index (χ0n) is 10.6. The number of hydrogen-bond acceptors (Lipinski definition) is 4. The quantitative estimate of drug-likeness (QED) is 0.847. The van der Waals surface area contributed by atoms with E-state index in [-0.39, 0.29) is 11.7 Å². The van der Waals surface area contributed by atoms with Gasteiger partial charge in [0.25, 0.3) is 0 Å². The normalized spacial score (nSPS) is 22.6. The second-order valence-corrected chi connectivity index (χ2v) is 7.12. The summed E-state index contributed by atoms with van der Waals surface area (Å²) in [6, 6.07) is 5.53. The van der Waals surface area contributed by atoms with Crippen LogP contribution in [0, 0.1) is 5.92 Å². The summed E-state index contributed by atoms with van der Waals surface area (Å²) >= 11 is 0. The standard InChI is InChI=1S/C13H19NO3S/c1-17-12-4-5-13(14)11(8-12)7-10-3-2-6-18(15,16)9-10/h4-5,8,10H,2-3,6-7,9,14H2,1H3. The molecule has 4 nitrogen and oxygen atoms in total. The molecule has 1 atom stereocenters. The number of sulfone groups is 1. The summed E-state index contributed by atoms with van der Waals surface area (Å²) in [6.45, 7) is 0. The van der Waals surface area contributed by atoms with E-state index in [0.717, 1.165) is 24.2 Å². The molecular weight excluding hydrogens is 250 g/mol. The molecule has 1 aliphatic heterocycles. The zero-order chi connectivity index (χ0) is 13.2. The Morgan fingerprint density at radius 2 is 2.22 bits per heavy atom. The average molecular weight is 269 g/mol. The first-order valence-corrected chi connectivity index (χ1v) is 7.95. The number of nitrogens with two attached hydrogens (primary N) is 1. The van der Waals surface area contributed by atoms with E-state index in [4.69, 9.17) is 10.5 Å². The largest absolute Gasteiger partial charge is 0.497 e. The molecule has 0 aliphatic carbocycles. The summed E-state index contributed by atoms with van der Waals surface area (Å²) in [5, 5.41) is 0. The van der Waals surface area contributed by atoms with Gasteiger partial charge in [0, 0.05) is 5.69 Å². The van der Waals surface area contributed by atoms with E-state index in [1.54, 1.807) is 7.11 Å². The van der Waals surface area contributed by atoms with Crippen molar-refractivity contribution in [3.63, 3.8) is 0 Å². The van der Waals surface area contributed by atoms with Crippen LogP contribution >= 0.6 is 0 Å². The van der Waals surface area contributed by atoms with E-state index in [2.05, 4.69) is 0 Å². The summed E-state index contributed by atoms with van der Waals surface area (Å²) in [7, 11) is -1.24. The predicted molar refractivity (Wildman–Crippen MR) is 72.5 cm³/mol. The van der Waals surface area contributed by atoms with Crippen LogP contribution in [-0.2, 0) is 16.3 Å². The van der Waals surface area contributed by atoms with Crippen molar-refractivity contribution in [3.05, 3.63) is 23.8 Å². The third-order valence-electron chi connectivity index (χ3n) is 3.42. The second kappa shape index (κ2) is 5.18. The number of anilines is 1. The van der Waals surface area contributed by atoms with E-state index < -0.39 is 9.84 Å². The maximum atomic E-state index is 11.6. The Morgan fingerprint density at radius 1 is 1.44 bits per heavy atom. The van der Waals surface area contributed by atoms with Gasteiger partial charge in [-0.15, -0.1) is 0 Å². The van der Waals surface area contributed by atoms with Crippen LogP contribution in [0.15, 0.2) is 18.2 Å². The number of rotatable bonds is 3. The van der Waals surface area contributed by atoms with E-state index in [1.165, 1.54) is 0 Å². The van der Waals surface area contributed by atoms with Crippen molar-refractivity contribution in [2.24, 2.45) is 5.92 Å². The lowest BCUT2D eigenvalue weighted by molar-refractivity contribution is 0.413. The third kappa shape index (κ3) is 3.16. The molecule has 1 aromatic carbocycles. The van der Waals surface area contributed by atoms with Crippen LogP contribution in [0.4, 0.5) is 5.69 Å². The Morgan fingerprint density at radius 3 is 2.89 bits per heavy atom. The van der Waals surface area contributed by atoms with E-state index in [9.17, 15) is 8.42 Å². The fourth-order valence-electron chi connectivity index (χ4n) is 2.48. The molecule has 0 bridgehead atoms. The highest BCUT2D eigenvalue weighted by molar-refractivity contribution is 7.91. The smallest absolute Gasteiger partial charge is 0.150 e. The Labute approximate surface area is 108 Å². The third-order valence-corrected chi connectivity index (χ3v) is 5.31. The van der Waals surface area contributed by atoms with Gasteiger partial charge in [0.05, 0.1) is 18.6 Å². The lowest BCUT2D eigenvalue weighted by Crippen LogP contribution is -2.26. The fourth-order valence-corrected chi connectivity index (χ4v) is 4.25. The molecule has 0 amide bonds. The molecule has 0 aromatic heterocycles. The molecular formula is C13H19NO3S. The van der Waals surface area contributed by atoms with Crippen molar-refractivity contribution in [2.45, 2.75) is 19.3 Å². The zero-order valence-corrected chi connectivity index (χ0v) is 11.4. The summed E-state index contributed by atoms with van der Waals surface area (Å²) in [5.74, 6) is 1.55. The Hall–Kier alpha value is -1.23. The molecule has 0 spiro atoms. The van der Waals surface area contributed by atoms with Crippen molar-refractivity contribution in [2.75, 3.05) is 24.3 Å². The highest BCUT2D eigenvalue weighted by Crippen LogP contribution is 2.27. The van der Waals surface area contributed by atoms with Crippen molar-refractivity contribution in [1.82, 2.24) is 0 Å². The predicted octanol–water partition coefficient (Wildman–Crippen LogP) is 1.64. The minimum atomic E-state index is -2.85. The van der Waals surface area contributed by atoms with Gasteiger partial charge in [-0.1, -0.05) is 0 Å². The van der Waals surface area contributed by atoms with Crippen molar-refractivity contribution in [1.29, 1.82) is 0 Å². The van der Waals surface area contributed by atoms with Gasteiger partial charge in [-0.2, -0.15) is 0 Å². The van der Waals surface area contributed by atoms with E-state index >= 15 is 0 Å². The summed E-state index contributed by atoms with van der Waals surface area (Å²) in [4.78, 5) is 0. The van der Waals surface area contributed by atoms with Gasteiger partial charge >= 0.3 is 0 Å². The first-order chi connectivity index (χ1) is 8.50. The van der Waals surface area contributed by atoms with Gasteiger partial charge in [0.15, 0.2) is 9.84 Å². The van der Waals surface area contributed by atoms with Gasteiger partial charge in [0.2, 0.25) is 0 Å². The van der Waals surface area contributed by atoms with Crippen LogP contribution in [0.2, 0.25) is 0 Å². The molecule has 1 heterocycles. The van der Waals surface area contributed by atoms with Crippen LogP contribution in [-0.4, -0.2) is 27.0 Å². The van der Waals surface area contributed by atoms with E-state index in [1.807, 2.05) is 18.2 Å². The lowest BCUT2D eigenvalue weighted by atomic mass is 9.95. The van der Waals surface area contributed by atoms with Crippen LogP contribution in [0.3, 0.4) is 0 Å². The number of benzene rings is 1. The lowest BCUT2D eigenvalue weighted by Gasteiger charge is -2.22. The van der Waals surface area contributed by atoms with Crippen LogP contribution in [0.5, 0.6) is 5.75 Å². The second-order valence-electron chi connectivity index (χ2n) is 4.89. The molecule has 1 aliphatic rings. The molecule has 0 radical (unpaired) electrons. The summed E-state index contributed by atoms with van der Waals surface area (Å²) < 4.78 is 28.4. The SMILES string of the molecule is COc1ccc(N)c(CC2CCCS(=O)(=O)C2)c1. The summed E-state index contributed by atoms with van der Waals surface area (Å²) in [6.07, 6.45) is 2.43. The molecule has 2 rings (SSSR count). The number of ether oxygens (including phenoxy) is 1. The van der Waals surface area contributed by atoms with Gasteiger partial charge in [-0.05, 0) is 48.9 Å².